The monoisotopic (exact) mass is 476 g/mol. The van der Waals surface area contributed by atoms with Gasteiger partial charge in [-0.05, 0) is 46.7 Å². The molecule has 0 spiro atoms. The second-order valence-corrected chi connectivity index (χ2v) is 8.37. The van der Waals surface area contributed by atoms with Crippen LogP contribution in [0.5, 0.6) is 11.5 Å². The van der Waals surface area contributed by atoms with Crippen LogP contribution in [0.4, 0.5) is 10.5 Å². The van der Waals surface area contributed by atoms with Crippen LogP contribution in [-0.4, -0.2) is 28.1 Å². The highest BCUT2D eigenvalue weighted by Crippen LogP contribution is 2.35. The van der Waals surface area contributed by atoms with Crippen LogP contribution in [0.2, 0.25) is 0 Å². The van der Waals surface area contributed by atoms with Gasteiger partial charge in [0, 0.05) is 12.1 Å². The third kappa shape index (κ3) is 5.26. The molecule has 8 nitrogen and oxygen atoms in total. The first-order valence-corrected chi connectivity index (χ1v) is 11.1. The van der Waals surface area contributed by atoms with Gasteiger partial charge in [-0.2, -0.15) is 0 Å². The van der Waals surface area contributed by atoms with E-state index in [2.05, 4.69) is 0 Å². The lowest BCUT2D eigenvalue weighted by Gasteiger charge is -2.12. The summed E-state index contributed by atoms with van der Waals surface area (Å²) in [7, 11) is 1.53. The van der Waals surface area contributed by atoms with Crippen LogP contribution >= 0.6 is 11.8 Å². The number of nitrogens with zero attached hydrogens (tertiary/aromatic N) is 2. The minimum atomic E-state index is -0.501. The predicted octanol–water partition coefficient (Wildman–Crippen LogP) is 5.42. The summed E-state index contributed by atoms with van der Waals surface area (Å²) < 4.78 is 11.3. The van der Waals surface area contributed by atoms with Crippen molar-refractivity contribution in [1.29, 1.82) is 0 Å². The zero-order chi connectivity index (χ0) is 24.1. The van der Waals surface area contributed by atoms with Crippen molar-refractivity contribution in [2.75, 3.05) is 7.11 Å². The molecule has 0 aliphatic carbocycles. The first-order chi connectivity index (χ1) is 16.4. The van der Waals surface area contributed by atoms with Crippen molar-refractivity contribution in [1.82, 2.24) is 4.90 Å². The highest BCUT2D eigenvalue weighted by molar-refractivity contribution is 8.18. The van der Waals surface area contributed by atoms with Crippen molar-refractivity contribution in [2.24, 2.45) is 0 Å². The third-order valence-electron chi connectivity index (χ3n) is 5.08. The maximum absolute atomic E-state index is 12.8. The van der Waals surface area contributed by atoms with Crippen molar-refractivity contribution in [3.63, 3.8) is 0 Å². The number of hydrogen-bond donors (Lipinski definition) is 0. The Morgan fingerprint density at radius 2 is 1.71 bits per heavy atom. The van der Waals surface area contributed by atoms with E-state index in [-0.39, 0.29) is 17.1 Å². The summed E-state index contributed by atoms with van der Waals surface area (Å²) in [6.45, 7) is 0.424. The molecular weight excluding hydrogens is 456 g/mol. The Labute approximate surface area is 199 Å². The van der Waals surface area contributed by atoms with Crippen molar-refractivity contribution in [2.45, 2.75) is 13.2 Å². The smallest absolute Gasteiger partial charge is 0.293 e. The largest absolute Gasteiger partial charge is 0.493 e. The van der Waals surface area contributed by atoms with Crippen molar-refractivity contribution < 1.29 is 24.0 Å². The molecule has 1 aliphatic heterocycles. The Bertz CT molecular complexity index is 1260. The number of carbonyl (C=O) groups excluding carboxylic acids is 2. The molecule has 0 bridgehead atoms. The third-order valence-corrected chi connectivity index (χ3v) is 5.99. The Morgan fingerprint density at radius 1 is 0.971 bits per heavy atom. The van der Waals surface area contributed by atoms with E-state index in [1.165, 1.54) is 31.4 Å². The average molecular weight is 477 g/mol. The Morgan fingerprint density at radius 3 is 2.38 bits per heavy atom. The molecule has 9 heteroatoms. The molecule has 3 aromatic carbocycles. The van der Waals surface area contributed by atoms with Gasteiger partial charge in [0.25, 0.3) is 16.8 Å². The van der Waals surface area contributed by atoms with E-state index in [4.69, 9.17) is 9.47 Å². The van der Waals surface area contributed by atoms with Crippen LogP contribution in [0.25, 0.3) is 6.08 Å². The van der Waals surface area contributed by atoms with Gasteiger partial charge in [0.1, 0.15) is 6.61 Å². The zero-order valence-electron chi connectivity index (χ0n) is 18.2. The predicted molar refractivity (Wildman–Crippen MR) is 128 cm³/mol. The highest BCUT2D eigenvalue weighted by atomic mass is 32.2. The normalized spacial score (nSPS) is 14.5. The van der Waals surface area contributed by atoms with E-state index in [1.807, 2.05) is 30.3 Å². The van der Waals surface area contributed by atoms with E-state index in [0.29, 0.717) is 29.2 Å². The van der Waals surface area contributed by atoms with E-state index in [0.717, 1.165) is 22.2 Å². The Hall–Kier alpha value is -4.11. The molecule has 0 aromatic heterocycles. The van der Waals surface area contributed by atoms with Gasteiger partial charge in [0.15, 0.2) is 11.5 Å². The summed E-state index contributed by atoms with van der Waals surface area (Å²) in [4.78, 5) is 37.0. The van der Waals surface area contributed by atoms with E-state index in [9.17, 15) is 19.7 Å². The molecule has 1 heterocycles. The lowest BCUT2D eigenvalue weighted by molar-refractivity contribution is -0.384. The number of rotatable bonds is 8. The number of imide groups is 1. The quantitative estimate of drug-likeness (QED) is 0.243. The molecule has 34 heavy (non-hydrogen) atoms. The Balaban J connectivity index is 1.47. The van der Waals surface area contributed by atoms with Gasteiger partial charge in [-0.15, -0.1) is 0 Å². The molecule has 1 fully saturated rings. The Kier molecular flexibility index (Phi) is 6.93. The number of benzene rings is 3. The van der Waals surface area contributed by atoms with Crippen LogP contribution in [0, 0.1) is 10.1 Å². The summed E-state index contributed by atoms with van der Waals surface area (Å²) in [6.07, 6.45) is 1.63. The number of nitro groups is 1. The van der Waals surface area contributed by atoms with E-state index >= 15 is 0 Å². The maximum atomic E-state index is 12.8. The molecule has 0 unspecified atom stereocenters. The summed E-state index contributed by atoms with van der Waals surface area (Å²) in [5, 5.41) is 10.4. The summed E-state index contributed by atoms with van der Waals surface area (Å²) >= 11 is 0.847. The van der Waals surface area contributed by atoms with Crippen LogP contribution < -0.4 is 9.47 Å². The van der Waals surface area contributed by atoms with Crippen molar-refractivity contribution in [3.8, 4) is 11.5 Å². The summed E-state index contributed by atoms with van der Waals surface area (Å²) in [5.74, 6) is 0.654. The van der Waals surface area contributed by atoms with E-state index < -0.39 is 16.1 Å². The molecular formula is C25H20N2O6S. The summed E-state index contributed by atoms with van der Waals surface area (Å²) in [5.41, 5.74) is 2.28. The molecule has 4 rings (SSSR count). The van der Waals surface area contributed by atoms with Crippen LogP contribution in [0.3, 0.4) is 0 Å². The SMILES string of the molecule is COc1cc(/C=C2/SC(=O)N(Cc3ccc([N+](=O)[O-])cc3)C2=O)ccc1OCc1ccccc1. The average Bonchev–Trinajstić information content (AvgIpc) is 3.11. The highest BCUT2D eigenvalue weighted by Gasteiger charge is 2.35. The molecule has 0 radical (unpaired) electrons. The van der Waals surface area contributed by atoms with Crippen LogP contribution in [0.1, 0.15) is 16.7 Å². The van der Waals surface area contributed by atoms with Crippen LogP contribution in [0.15, 0.2) is 77.7 Å². The minimum absolute atomic E-state index is 0.0373. The van der Waals surface area contributed by atoms with Gasteiger partial charge in [-0.25, -0.2) is 0 Å². The molecule has 0 atom stereocenters. The lowest BCUT2D eigenvalue weighted by atomic mass is 10.1. The number of nitro benzene ring substituents is 1. The first kappa shape index (κ1) is 23.1. The number of thioether (sulfide) groups is 1. The number of ether oxygens (including phenoxy) is 2. The molecule has 0 N–H and O–H groups in total. The number of methoxy groups -OCH3 is 1. The molecule has 2 amide bonds. The van der Waals surface area contributed by atoms with Crippen molar-refractivity contribution in [3.05, 3.63) is 105 Å². The second-order valence-electron chi connectivity index (χ2n) is 7.38. The number of amides is 2. The van der Waals surface area contributed by atoms with Crippen LogP contribution in [-0.2, 0) is 17.9 Å². The zero-order valence-corrected chi connectivity index (χ0v) is 19.0. The number of non-ortho nitro benzene ring substituents is 1. The number of hydrogen-bond acceptors (Lipinski definition) is 7. The van der Waals surface area contributed by atoms with E-state index in [1.54, 1.807) is 24.3 Å². The van der Waals surface area contributed by atoms with Gasteiger partial charge in [0.05, 0.1) is 23.5 Å². The maximum Gasteiger partial charge on any atom is 0.293 e. The summed E-state index contributed by atoms with van der Waals surface area (Å²) in [6, 6.07) is 20.8. The fourth-order valence-electron chi connectivity index (χ4n) is 3.32. The van der Waals surface area contributed by atoms with Gasteiger partial charge in [-0.3, -0.25) is 24.6 Å². The van der Waals surface area contributed by atoms with Gasteiger partial charge in [-0.1, -0.05) is 48.5 Å². The molecule has 0 saturated carbocycles. The van der Waals surface area contributed by atoms with Gasteiger partial charge < -0.3 is 9.47 Å². The molecule has 3 aromatic rings. The fraction of sp³-hybridized carbons (Fsp3) is 0.120. The minimum Gasteiger partial charge on any atom is -0.493 e. The fourth-order valence-corrected chi connectivity index (χ4v) is 4.16. The lowest BCUT2D eigenvalue weighted by Crippen LogP contribution is -2.27. The molecule has 1 saturated heterocycles. The topological polar surface area (TPSA) is 99.0 Å². The second kappa shape index (κ2) is 10.2. The van der Waals surface area contributed by atoms with Gasteiger partial charge >= 0.3 is 0 Å². The number of carbonyl (C=O) groups is 2. The molecule has 1 aliphatic rings. The van der Waals surface area contributed by atoms with Gasteiger partial charge in [0.2, 0.25) is 0 Å². The standard InChI is InChI=1S/C25H20N2O6S/c1-32-22-13-19(9-12-21(22)33-16-18-5-3-2-4-6-18)14-23-24(28)26(25(29)34-23)15-17-7-10-20(11-8-17)27(30)31/h2-14H,15-16H2,1H3/b23-14+. The first-order valence-electron chi connectivity index (χ1n) is 10.3. The molecule has 172 valence electrons. The van der Waals surface area contributed by atoms with Crippen molar-refractivity contribution >= 4 is 34.7 Å².